The Morgan fingerprint density at radius 1 is 0.370 bits per heavy atom. The van der Waals surface area contributed by atoms with E-state index in [0.29, 0.717) is 0 Å². The van der Waals surface area contributed by atoms with Crippen LogP contribution in [0.2, 0.25) is 0 Å². The Bertz CT molecular complexity index is 241. The van der Waals surface area contributed by atoms with Crippen LogP contribution in [0.25, 0.3) is 0 Å². The van der Waals surface area contributed by atoms with Gasteiger partial charge in [-0.25, -0.2) is 0 Å². The van der Waals surface area contributed by atoms with E-state index < -0.39 is 0 Å². The van der Waals surface area contributed by atoms with Crippen LogP contribution >= 0.6 is 0 Å². The number of rotatable bonds is 0. The molecule has 0 radical (unpaired) electrons. The van der Waals surface area contributed by atoms with Crippen LogP contribution in [0.4, 0.5) is 0 Å². The molecule has 9 heteroatoms. The molecule has 0 unspecified atom stereocenters. The zero-order chi connectivity index (χ0) is 20.7. The second-order valence-electron chi connectivity index (χ2n) is 7.88. The van der Waals surface area contributed by atoms with E-state index in [9.17, 15) is 0 Å². The second kappa shape index (κ2) is 17.6. The molecule has 2 fully saturated rings. The summed E-state index contributed by atoms with van der Waals surface area (Å²) in [5.74, 6) is 0. The quantitative estimate of drug-likeness (QED) is 0.444. The summed E-state index contributed by atoms with van der Waals surface area (Å²) < 4.78 is 3.88. The summed E-state index contributed by atoms with van der Waals surface area (Å²) in [7, 11) is 13.2. The summed E-state index contributed by atoms with van der Waals surface area (Å²) in [6.45, 7) is 14.4. The molecule has 0 atom stereocenters. The van der Waals surface area contributed by atoms with Crippen molar-refractivity contribution in [2.24, 2.45) is 0 Å². The normalized spacial score (nSPS) is 24.0. The Morgan fingerprint density at radius 3 is 0.519 bits per heavy atom. The molecule has 2 saturated heterocycles. The van der Waals surface area contributed by atoms with Gasteiger partial charge in [-0.2, -0.15) is 0 Å². The second-order valence-corrected chi connectivity index (χ2v) is 8.81. The van der Waals surface area contributed by atoms with Gasteiger partial charge in [-0.15, -0.1) is 0 Å². The Hall–Kier alpha value is 0.759. The molecule has 0 saturated carbocycles. The van der Waals surface area contributed by atoms with Gasteiger partial charge in [0.1, 0.15) is 0 Å². The molecule has 0 aromatic carbocycles. The van der Waals surface area contributed by atoms with Crippen molar-refractivity contribution in [3.63, 3.8) is 0 Å². The minimum absolute atomic E-state index is 1.20. The van der Waals surface area contributed by atoms with Gasteiger partial charge in [-0.05, 0) is 42.3 Å². The van der Waals surface area contributed by atoms with Gasteiger partial charge in [0, 0.05) is 78.5 Å². The van der Waals surface area contributed by atoms with Gasteiger partial charge in [-0.3, -0.25) is 0 Å². The van der Waals surface area contributed by atoms with E-state index in [0.717, 1.165) is 0 Å². The standard InChI is InChI=1S/2C9H21N3.2Mn.O/c2*1-10-4-6-11(2)8-9-12(3)7-5-10;;;/h2*4-9H2,1-3H3;;;. The van der Waals surface area contributed by atoms with Crippen molar-refractivity contribution in [2.45, 2.75) is 0 Å². The fourth-order valence-electron chi connectivity index (χ4n) is 2.72. The third-order valence-corrected chi connectivity index (χ3v) is 5.18. The summed E-state index contributed by atoms with van der Waals surface area (Å²) >= 11 is 5.12. The van der Waals surface area contributed by atoms with Gasteiger partial charge in [0.25, 0.3) is 0 Å². The Labute approximate surface area is 185 Å². The number of likely N-dealkylation sites (N-methyl/N-ethyl adjacent to an activating group) is 6. The fourth-order valence-corrected chi connectivity index (χ4v) is 2.72. The molecule has 0 bridgehead atoms. The summed E-state index contributed by atoms with van der Waals surface area (Å²) in [4.78, 5) is 14.4. The van der Waals surface area contributed by atoms with Crippen molar-refractivity contribution in [3.05, 3.63) is 0 Å². The number of hydrogen-bond acceptors (Lipinski definition) is 7. The summed E-state index contributed by atoms with van der Waals surface area (Å²) in [5.41, 5.74) is 0. The molecule has 27 heavy (non-hydrogen) atoms. The molecule has 2 heterocycles. The molecular weight excluding hydrogens is 426 g/mol. The molecule has 2 rings (SSSR count). The van der Waals surface area contributed by atoms with Crippen LogP contribution in [0.15, 0.2) is 0 Å². The van der Waals surface area contributed by atoms with E-state index >= 15 is 0 Å². The average molecular weight is 468 g/mol. The van der Waals surface area contributed by atoms with Crippen molar-refractivity contribution < 1.29 is 35.6 Å². The summed E-state index contributed by atoms with van der Waals surface area (Å²) in [6, 6.07) is 0. The first-order chi connectivity index (χ1) is 12.8. The van der Waals surface area contributed by atoms with Crippen LogP contribution in [0.5, 0.6) is 0 Å². The van der Waals surface area contributed by atoms with Crippen molar-refractivity contribution in [1.29, 1.82) is 0 Å². The maximum atomic E-state index is 3.88. The van der Waals surface area contributed by atoms with Crippen LogP contribution in [-0.2, 0) is 35.6 Å². The number of hydrogen-bond donors (Lipinski definition) is 0. The average Bonchev–Trinajstić information content (AvgIpc) is 2.75. The SMILES string of the molecule is CN1CCN(C)CCN(C)CC1.CN1CCN(C)CCN(C)CC1.[Mn][O][Mn]. The zero-order valence-electron chi connectivity index (χ0n) is 18.3. The molecule has 0 spiro atoms. The van der Waals surface area contributed by atoms with Gasteiger partial charge in [0.15, 0.2) is 0 Å². The predicted molar refractivity (Wildman–Crippen MR) is 106 cm³/mol. The zero-order valence-corrected chi connectivity index (χ0v) is 20.7. The molecule has 2 aliphatic heterocycles. The molecule has 0 aliphatic carbocycles. The Morgan fingerprint density at radius 2 is 0.444 bits per heavy atom. The van der Waals surface area contributed by atoms with E-state index in [2.05, 4.69) is 107 Å². The molecule has 0 amide bonds. The third-order valence-electron chi connectivity index (χ3n) is 5.18. The molecule has 2 aliphatic rings. The molecule has 0 N–H and O–H groups in total. The first-order valence-electron chi connectivity index (χ1n) is 9.79. The van der Waals surface area contributed by atoms with E-state index in [-0.39, 0.29) is 0 Å². The van der Waals surface area contributed by atoms with E-state index in [1.165, 1.54) is 78.5 Å². The maximum absolute atomic E-state index is 3.88. The molecule has 7 nitrogen and oxygen atoms in total. The Balaban J connectivity index is 0.000000438. The van der Waals surface area contributed by atoms with Crippen LogP contribution in [0.1, 0.15) is 0 Å². The van der Waals surface area contributed by atoms with Gasteiger partial charge in [-0.1, -0.05) is 0 Å². The van der Waals surface area contributed by atoms with Crippen molar-refractivity contribution in [2.75, 3.05) is 121 Å². The van der Waals surface area contributed by atoms with Gasteiger partial charge < -0.3 is 29.4 Å². The minimum atomic E-state index is 1.20. The molecule has 164 valence electrons. The molecule has 0 aromatic heterocycles. The summed E-state index contributed by atoms with van der Waals surface area (Å²) in [6.07, 6.45) is 0. The van der Waals surface area contributed by atoms with Gasteiger partial charge in [0.05, 0.1) is 0 Å². The monoisotopic (exact) mass is 468 g/mol. The Kier molecular flexibility index (Phi) is 18.1. The van der Waals surface area contributed by atoms with E-state index in [1.54, 1.807) is 0 Å². The first-order valence-corrected chi connectivity index (χ1v) is 10.8. The third kappa shape index (κ3) is 17.3. The first kappa shape index (κ1) is 27.8. The van der Waals surface area contributed by atoms with Crippen molar-refractivity contribution >= 4 is 0 Å². The van der Waals surface area contributed by atoms with E-state index in [1.807, 2.05) is 0 Å². The van der Waals surface area contributed by atoms with Gasteiger partial charge >= 0.3 is 35.6 Å². The molecule has 0 aromatic rings. The van der Waals surface area contributed by atoms with Crippen LogP contribution < -0.4 is 0 Å². The number of nitrogens with zero attached hydrogens (tertiary/aromatic N) is 6. The van der Waals surface area contributed by atoms with Gasteiger partial charge in [0.2, 0.25) is 0 Å². The van der Waals surface area contributed by atoms with Crippen LogP contribution in [0.3, 0.4) is 0 Å². The van der Waals surface area contributed by atoms with Crippen LogP contribution in [-0.4, -0.2) is 150 Å². The van der Waals surface area contributed by atoms with Crippen molar-refractivity contribution in [1.82, 2.24) is 29.4 Å². The topological polar surface area (TPSA) is 28.7 Å². The molecular formula is C18H42Mn2N6O. The van der Waals surface area contributed by atoms with Crippen LogP contribution in [0, 0.1) is 0 Å². The van der Waals surface area contributed by atoms with Crippen molar-refractivity contribution in [3.8, 4) is 0 Å². The summed E-state index contributed by atoms with van der Waals surface area (Å²) in [5, 5.41) is 0. The predicted octanol–water partition coefficient (Wildman–Crippen LogP) is -0.483. The fraction of sp³-hybridized carbons (Fsp3) is 1.00. The van der Waals surface area contributed by atoms with E-state index in [4.69, 9.17) is 0 Å².